The van der Waals surface area contributed by atoms with E-state index in [4.69, 9.17) is 10.6 Å². The van der Waals surface area contributed by atoms with Gasteiger partial charge in [0, 0.05) is 18.0 Å². The van der Waals surface area contributed by atoms with E-state index in [1.54, 1.807) is 0 Å². The number of aromatic nitrogens is 2. The van der Waals surface area contributed by atoms with Crippen LogP contribution in [0.5, 0.6) is 5.75 Å². The number of carboxylic acids is 1. The van der Waals surface area contributed by atoms with Crippen molar-refractivity contribution in [2.24, 2.45) is 5.16 Å². The fourth-order valence-electron chi connectivity index (χ4n) is 3.13. The Hall–Kier alpha value is -2.76. The van der Waals surface area contributed by atoms with E-state index in [2.05, 4.69) is 20.8 Å². The first kappa shape index (κ1) is 37.3. The molecule has 2 aromatic heterocycles. The molecule has 42 heavy (non-hydrogen) atoms. The van der Waals surface area contributed by atoms with Gasteiger partial charge in [0.05, 0.1) is 18.2 Å². The molecule has 0 radical (unpaired) electrons. The second kappa shape index (κ2) is 14.1. The van der Waals surface area contributed by atoms with Gasteiger partial charge in [-0.25, -0.2) is 17.7 Å². The maximum absolute atomic E-state index is 13.0. The number of carbonyl (C=O) groups excluding carboxylic acids is 4. The average molecular weight is 648 g/mol. The van der Waals surface area contributed by atoms with Crippen LogP contribution in [0.25, 0.3) is 0 Å². The summed E-state index contributed by atoms with van der Waals surface area (Å²) in [5.74, 6) is -6.40. The van der Waals surface area contributed by atoms with Gasteiger partial charge in [-0.05, 0) is 13.8 Å². The number of carboxylic acid groups (broad SMARTS) is 1. The summed E-state index contributed by atoms with van der Waals surface area (Å²) < 4.78 is 34.8. The number of hydrogen-bond acceptors (Lipinski definition) is 16. The van der Waals surface area contributed by atoms with Crippen LogP contribution >= 0.6 is 11.3 Å². The van der Waals surface area contributed by atoms with Crippen LogP contribution in [0.1, 0.15) is 30.0 Å². The van der Waals surface area contributed by atoms with Crippen molar-refractivity contribution in [1.82, 2.24) is 24.7 Å². The van der Waals surface area contributed by atoms with Crippen LogP contribution in [0, 0.1) is 0 Å². The number of hydrogen-bond donors (Lipinski definition) is 5. The van der Waals surface area contributed by atoms with Gasteiger partial charge in [-0.3, -0.25) is 19.2 Å². The predicted molar refractivity (Wildman–Crippen MR) is 127 cm³/mol. The quantitative estimate of drug-likeness (QED) is 0.0400. The van der Waals surface area contributed by atoms with Gasteiger partial charge in [0.1, 0.15) is 17.4 Å². The normalized spacial score (nSPS) is 16.8. The van der Waals surface area contributed by atoms with Gasteiger partial charge in [-0.15, -0.1) is 11.3 Å². The van der Waals surface area contributed by atoms with Crippen molar-refractivity contribution in [3.63, 3.8) is 0 Å². The van der Waals surface area contributed by atoms with Crippen LogP contribution < -0.4 is 86.0 Å². The Morgan fingerprint density at radius 2 is 1.90 bits per heavy atom. The van der Waals surface area contributed by atoms with E-state index in [1.165, 1.54) is 5.38 Å². The number of carbonyl (C=O) groups is 4. The van der Waals surface area contributed by atoms with Gasteiger partial charge >= 0.3 is 59.1 Å². The summed E-state index contributed by atoms with van der Waals surface area (Å²) in [6.07, 6.45) is 0.511. The first-order chi connectivity index (χ1) is 18.4. The number of nitrogens with two attached hydrogens (primary N) is 1. The average Bonchev–Trinajstić information content (AvgIpc) is 3.26. The number of aliphatic carboxylic acids is 1. The number of amides is 3. The minimum Gasteiger partial charge on any atom is -0.731 e. The second-order valence-electron chi connectivity index (χ2n) is 8.47. The van der Waals surface area contributed by atoms with E-state index in [0.29, 0.717) is 12.3 Å². The van der Waals surface area contributed by atoms with E-state index < -0.39 is 80.8 Å². The fourth-order valence-corrected chi connectivity index (χ4v) is 4.54. The zero-order valence-corrected chi connectivity index (χ0v) is 27.9. The Labute approximate surface area is 284 Å². The van der Waals surface area contributed by atoms with E-state index in [9.17, 15) is 52.4 Å². The van der Waals surface area contributed by atoms with Crippen molar-refractivity contribution in [3.8, 4) is 5.75 Å². The van der Waals surface area contributed by atoms with Crippen molar-refractivity contribution in [2.75, 3.05) is 12.3 Å². The molecule has 216 valence electrons. The zero-order valence-electron chi connectivity index (χ0n) is 22.3. The number of oxime groups is 1. The summed E-state index contributed by atoms with van der Waals surface area (Å²) in [6.45, 7) is 1.32. The number of pyridine rings is 1. The molecule has 0 unspecified atom stereocenters. The Bertz CT molecular complexity index is 1590. The molecule has 1 fully saturated rings. The van der Waals surface area contributed by atoms with Gasteiger partial charge in [-0.2, -0.15) is 4.73 Å². The molecule has 0 saturated carbocycles. The Morgan fingerprint density at radius 1 is 1.29 bits per heavy atom. The van der Waals surface area contributed by atoms with Crippen LogP contribution in [0.15, 0.2) is 27.6 Å². The zero-order chi connectivity index (χ0) is 30.2. The number of rotatable bonds is 10. The first-order valence-corrected chi connectivity index (χ1v) is 12.9. The van der Waals surface area contributed by atoms with Crippen molar-refractivity contribution >= 4 is 56.2 Å². The van der Waals surface area contributed by atoms with Crippen molar-refractivity contribution in [2.45, 2.75) is 31.5 Å². The molecule has 0 aliphatic carbocycles. The third-order valence-corrected chi connectivity index (χ3v) is 6.86. The van der Waals surface area contributed by atoms with E-state index in [0.717, 1.165) is 25.2 Å². The largest absolute Gasteiger partial charge is 1.00 e. The van der Waals surface area contributed by atoms with Gasteiger partial charge < -0.3 is 46.0 Å². The molecular weight excluding hydrogens is 628 g/mol. The van der Waals surface area contributed by atoms with Crippen LogP contribution in [-0.2, 0) is 29.5 Å². The summed E-state index contributed by atoms with van der Waals surface area (Å²) in [4.78, 5) is 69.5. The molecule has 23 heteroatoms. The SMILES string of the molecule is CC(C)(O/N=C(\C(=O)N[C@@H]1C(=O)N(S(=O)(=O)[O-])[C@@H]1CNC(=O)c1cc(=O)c(O)cn1O)c1csc(N)n1)C(=O)[O-].[Na+].[Na+]. The van der Waals surface area contributed by atoms with Crippen LogP contribution in [0.3, 0.4) is 0 Å². The molecule has 6 N–H and O–H groups in total. The Kier molecular flexibility index (Phi) is 12.5. The van der Waals surface area contributed by atoms with Gasteiger partial charge in [0.2, 0.25) is 5.43 Å². The van der Waals surface area contributed by atoms with Crippen molar-refractivity contribution < 1.29 is 112 Å². The van der Waals surface area contributed by atoms with Crippen LogP contribution in [0.2, 0.25) is 0 Å². The minimum absolute atomic E-state index is 0. The summed E-state index contributed by atoms with van der Waals surface area (Å²) in [6, 6.07) is -2.89. The Morgan fingerprint density at radius 3 is 2.43 bits per heavy atom. The molecule has 2 atom stereocenters. The number of nitrogens with zero attached hydrogens (tertiary/aromatic N) is 4. The molecule has 3 amide bonds. The second-order valence-corrected chi connectivity index (χ2v) is 10.6. The maximum atomic E-state index is 13.0. The molecule has 1 aliphatic rings. The summed E-state index contributed by atoms with van der Waals surface area (Å²) in [5, 5.41) is 39.2. The topological polar surface area (TPSA) is 299 Å². The molecule has 3 heterocycles. The molecule has 0 bridgehead atoms. The van der Waals surface area contributed by atoms with Crippen LogP contribution in [-0.4, -0.2) is 90.9 Å². The van der Waals surface area contributed by atoms with Gasteiger partial charge in [-0.1, -0.05) is 5.16 Å². The van der Waals surface area contributed by atoms with Crippen molar-refractivity contribution in [3.05, 3.63) is 39.3 Å². The molecule has 0 spiro atoms. The molecule has 3 rings (SSSR count). The van der Waals surface area contributed by atoms with E-state index >= 15 is 0 Å². The Balaban J connectivity index is 0.00000441. The summed E-state index contributed by atoms with van der Waals surface area (Å²) in [5.41, 5.74) is 0.892. The summed E-state index contributed by atoms with van der Waals surface area (Å²) in [7, 11) is -5.44. The van der Waals surface area contributed by atoms with E-state index in [1.807, 2.05) is 0 Å². The first-order valence-electron chi connectivity index (χ1n) is 10.7. The predicted octanol–water partition coefficient (Wildman–Crippen LogP) is -10.3. The molecule has 2 aromatic rings. The van der Waals surface area contributed by atoms with E-state index in [-0.39, 0.29) is 79.0 Å². The van der Waals surface area contributed by atoms with Gasteiger partial charge in [0.25, 0.3) is 17.7 Å². The molecule has 1 aliphatic heterocycles. The number of β-lactam (4-membered cyclic amide) rings is 1. The summed E-state index contributed by atoms with van der Waals surface area (Å²) >= 11 is 0.864. The minimum atomic E-state index is -5.44. The fraction of sp³-hybridized carbons (Fsp3) is 0.316. The number of thiazole rings is 1. The molecule has 19 nitrogen and oxygen atoms in total. The third-order valence-electron chi connectivity index (χ3n) is 5.25. The number of anilines is 1. The molecular formula is C19H19N7Na2O12S2. The maximum Gasteiger partial charge on any atom is 1.00 e. The molecule has 1 saturated heterocycles. The monoisotopic (exact) mass is 647 g/mol. The molecule has 0 aromatic carbocycles. The smallest absolute Gasteiger partial charge is 0.731 e. The van der Waals surface area contributed by atoms with Crippen LogP contribution in [0.4, 0.5) is 5.13 Å². The number of nitrogens with one attached hydrogen (secondary N) is 2. The third kappa shape index (κ3) is 8.20. The number of nitrogen functional groups attached to an aromatic ring is 1. The van der Waals surface area contributed by atoms with Crippen molar-refractivity contribution in [1.29, 1.82) is 0 Å². The van der Waals surface area contributed by atoms with Gasteiger partial charge in [0.15, 0.2) is 32.5 Å². The number of aromatic hydroxyl groups is 1. The standard InChI is InChI=1S/C19H21N7O12S2.2Na/c1-19(2,17(32)33)38-24-12(7-6-39-18(20)22-7)15(30)23-13-9(26(16(13)31)40(35,36)37)4-21-14(29)8-3-10(27)11(28)5-25(8)34;;/h3,5-6,9,13,28,34H,4H2,1-2H3,(H2,20,22)(H,21,29)(H,23,30)(H,32,33)(H,35,36,37);;/q;2*+1/p-2/b24-12-;;/t9-,13+;;/m1../s1.